The van der Waals surface area contributed by atoms with Crippen molar-refractivity contribution in [2.75, 3.05) is 0 Å². The van der Waals surface area contributed by atoms with Crippen LogP contribution in [-0.4, -0.2) is 19.9 Å². The summed E-state index contributed by atoms with van der Waals surface area (Å²) in [6.45, 7) is 0. The fraction of sp³-hybridized carbons (Fsp3) is 0. The van der Waals surface area contributed by atoms with Crippen molar-refractivity contribution in [2.45, 2.75) is 0 Å². The molecule has 4 aromatic heterocycles. The minimum atomic E-state index is 0.584. The largest absolute Gasteiger partial charge is 0.456 e. The third-order valence-electron chi connectivity index (χ3n) is 9.77. The molecule has 0 N–H and O–H groups in total. The number of aromatic nitrogens is 4. The van der Waals surface area contributed by atoms with Crippen LogP contribution >= 0.6 is 11.3 Å². The first-order chi connectivity index (χ1) is 26.2. The standard InChI is InChI=1S/C46H26N4O2S/c1-2-10-27(11-3-1)43-48-44(30-21-23-41-34(26-30)32-14-4-7-19-40(32)53-41)50-45(49-43)33-15-9-18-39-42(33)35-25-29(20-22-37(35)51-39)28-12-8-13-31(24-28)46-47-36-16-5-6-17-38(36)52-46/h1-26H. The lowest BCUT2D eigenvalue weighted by Gasteiger charge is -2.10. The molecule has 7 aromatic carbocycles. The van der Waals surface area contributed by atoms with Gasteiger partial charge in [0, 0.05) is 53.2 Å². The fourth-order valence-electron chi connectivity index (χ4n) is 7.23. The Morgan fingerprint density at radius 1 is 0.377 bits per heavy atom. The van der Waals surface area contributed by atoms with Crippen molar-refractivity contribution in [3.8, 4) is 56.7 Å². The number of para-hydroxylation sites is 2. The molecule has 0 bridgehead atoms. The highest BCUT2D eigenvalue weighted by Crippen LogP contribution is 2.40. The molecule has 4 heterocycles. The van der Waals surface area contributed by atoms with Crippen molar-refractivity contribution in [3.63, 3.8) is 0 Å². The molecule has 0 aliphatic rings. The lowest BCUT2D eigenvalue weighted by molar-refractivity contribution is 0.620. The average Bonchev–Trinajstić information content (AvgIpc) is 3.94. The van der Waals surface area contributed by atoms with Gasteiger partial charge in [-0.05, 0) is 77.9 Å². The highest BCUT2D eigenvalue weighted by molar-refractivity contribution is 7.25. The Morgan fingerprint density at radius 3 is 1.98 bits per heavy atom. The molecular weight excluding hydrogens is 673 g/mol. The summed E-state index contributed by atoms with van der Waals surface area (Å²) in [6.07, 6.45) is 0. The summed E-state index contributed by atoms with van der Waals surface area (Å²) in [5.41, 5.74) is 8.90. The second-order valence-corrected chi connectivity index (χ2v) is 14.1. The van der Waals surface area contributed by atoms with Gasteiger partial charge in [-0.25, -0.2) is 19.9 Å². The highest BCUT2D eigenvalue weighted by atomic mass is 32.1. The Hall–Kier alpha value is -6.96. The van der Waals surface area contributed by atoms with E-state index in [0.717, 1.165) is 66.4 Å². The molecule has 11 aromatic rings. The molecule has 0 saturated heterocycles. The van der Waals surface area contributed by atoms with Gasteiger partial charge in [-0.1, -0.05) is 91.0 Å². The van der Waals surface area contributed by atoms with Crippen LogP contribution in [0.3, 0.4) is 0 Å². The molecule has 0 spiro atoms. The number of rotatable bonds is 5. The van der Waals surface area contributed by atoms with Crippen LogP contribution in [0, 0.1) is 0 Å². The van der Waals surface area contributed by atoms with E-state index in [1.165, 1.54) is 20.2 Å². The fourth-order valence-corrected chi connectivity index (χ4v) is 8.31. The van der Waals surface area contributed by atoms with Gasteiger partial charge in [0.05, 0.1) is 0 Å². The zero-order valence-corrected chi connectivity index (χ0v) is 28.8. The molecule has 6 nitrogen and oxygen atoms in total. The molecule has 0 fully saturated rings. The smallest absolute Gasteiger partial charge is 0.227 e. The van der Waals surface area contributed by atoms with Crippen LogP contribution < -0.4 is 0 Å². The van der Waals surface area contributed by atoms with Crippen LogP contribution in [0.25, 0.3) is 110 Å². The predicted molar refractivity (Wildman–Crippen MR) is 215 cm³/mol. The highest BCUT2D eigenvalue weighted by Gasteiger charge is 2.19. The average molecular weight is 699 g/mol. The Morgan fingerprint density at radius 2 is 1.06 bits per heavy atom. The van der Waals surface area contributed by atoms with Crippen LogP contribution in [-0.2, 0) is 0 Å². The first-order valence-corrected chi connectivity index (χ1v) is 18.2. The van der Waals surface area contributed by atoms with E-state index in [0.29, 0.717) is 23.4 Å². The molecule has 0 aliphatic heterocycles. The minimum absolute atomic E-state index is 0.584. The lowest BCUT2D eigenvalue weighted by atomic mass is 9.99. The summed E-state index contributed by atoms with van der Waals surface area (Å²) in [4.78, 5) is 20.1. The third kappa shape index (κ3) is 5.01. The number of fused-ring (bicyclic) bond motifs is 7. The van der Waals surface area contributed by atoms with Crippen molar-refractivity contribution < 1.29 is 8.83 Å². The van der Waals surface area contributed by atoms with Gasteiger partial charge in [-0.3, -0.25) is 0 Å². The van der Waals surface area contributed by atoms with Gasteiger partial charge in [0.1, 0.15) is 16.7 Å². The van der Waals surface area contributed by atoms with E-state index in [4.69, 9.17) is 28.8 Å². The Labute approximate surface area is 306 Å². The van der Waals surface area contributed by atoms with Crippen LogP contribution in [0.5, 0.6) is 0 Å². The van der Waals surface area contributed by atoms with E-state index in [1.807, 2.05) is 84.9 Å². The number of benzene rings is 7. The zero-order chi connectivity index (χ0) is 34.9. The summed E-state index contributed by atoms with van der Waals surface area (Å²) in [7, 11) is 0. The van der Waals surface area contributed by atoms with Crippen molar-refractivity contribution >= 4 is 64.5 Å². The first-order valence-electron chi connectivity index (χ1n) is 17.4. The van der Waals surface area contributed by atoms with Crippen LogP contribution in [0.4, 0.5) is 0 Å². The first kappa shape index (κ1) is 29.7. The van der Waals surface area contributed by atoms with E-state index in [2.05, 4.69) is 72.8 Å². The Bertz CT molecular complexity index is 3160. The van der Waals surface area contributed by atoms with Gasteiger partial charge >= 0.3 is 0 Å². The molecule has 0 radical (unpaired) electrons. The second-order valence-electron chi connectivity index (χ2n) is 13.0. The lowest BCUT2D eigenvalue weighted by Crippen LogP contribution is -2.00. The van der Waals surface area contributed by atoms with Gasteiger partial charge in [-0.15, -0.1) is 11.3 Å². The number of hydrogen-bond acceptors (Lipinski definition) is 7. The van der Waals surface area contributed by atoms with Gasteiger partial charge in [-0.2, -0.15) is 0 Å². The van der Waals surface area contributed by atoms with Crippen molar-refractivity contribution in [1.82, 2.24) is 19.9 Å². The van der Waals surface area contributed by atoms with Crippen LogP contribution in [0.15, 0.2) is 167 Å². The Balaban J connectivity index is 1.08. The van der Waals surface area contributed by atoms with E-state index < -0.39 is 0 Å². The van der Waals surface area contributed by atoms with E-state index >= 15 is 0 Å². The number of oxazole rings is 1. The monoisotopic (exact) mass is 698 g/mol. The molecule has 0 saturated carbocycles. The van der Waals surface area contributed by atoms with Crippen molar-refractivity contribution in [1.29, 1.82) is 0 Å². The molecule has 11 rings (SSSR count). The van der Waals surface area contributed by atoms with Gasteiger partial charge < -0.3 is 8.83 Å². The van der Waals surface area contributed by atoms with Crippen molar-refractivity contribution in [2.24, 2.45) is 0 Å². The summed E-state index contributed by atoms with van der Waals surface area (Å²) in [5, 5.41) is 4.36. The topological polar surface area (TPSA) is 77.8 Å². The van der Waals surface area contributed by atoms with E-state index in [-0.39, 0.29) is 0 Å². The normalized spacial score (nSPS) is 11.8. The van der Waals surface area contributed by atoms with Gasteiger partial charge in [0.2, 0.25) is 5.89 Å². The molecule has 0 atom stereocenters. The summed E-state index contributed by atoms with van der Waals surface area (Å²) in [6, 6.07) is 53.6. The maximum absolute atomic E-state index is 6.45. The number of furan rings is 1. The molecule has 248 valence electrons. The molecule has 0 aliphatic carbocycles. The quantitative estimate of drug-likeness (QED) is 0.178. The number of thiophene rings is 1. The predicted octanol–water partition coefficient (Wildman–Crippen LogP) is 12.6. The minimum Gasteiger partial charge on any atom is -0.456 e. The van der Waals surface area contributed by atoms with Crippen LogP contribution in [0.2, 0.25) is 0 Å². The van der Waals surface area contributed by atoms with Gasteiger partial charge in [0.25, 0.3) is 0 Å². The maximum atomic E-state index is 6.45. The number of nitrogens with zero attached hydrogens (tertiary/aromatic N) is 4. The Kier molecular flexibility index (Phi) is 6.62. The van der Waals surface area contributed by atoms with E-state index in [9.17, 15) is 0 Å². The van der Waals surface area contributed by atoms with E-state index in [1.54, 1.807) is 11.3 Å². The molecular formula is C46H26N4O2S. The van der Waals surface area contributed by atoms with Gasteiger partial charge in [0.15, 0.2) is 23.1 Å². The molecule has 0 amide bonds. The molecule has 7 heteroatoms. The molecule has 53 heavy (non-hydrogen) atoms. The summed E-state index contributed by atoms with van der Waals surface area (Å²) >= 11 is 1.80. The summed E-state index contributed by atoms with van der Waals surface area (Å²) < 4.78 is 15.0. The SMILES string of the molecule is c1ccc(-c2nc(-c3ccc4sc5ccccc5c4c3)nc(-c3cccc4oc5ccc(-c6cccc(-c7nc8ccccc8o7)c6)cc5c34)n2)cc1. The third-order valence-corrected chi connectivity index (χ3v) is 10.9. The van der Waals surface area contributed by atoms with Crippen LogP contribution in [0.1, 0.15) is 0 Å². The maximum Gasteiger partial charge on any atom is 0.227 e. The van der Waals surface area contributed by atoms with Crippen molar-refractivity contribution in [3.05, 3.63) is 158 Å². The second kappa shape index (κ2) is 11.8. The number of hydrogen-bond donors (Lipinski definition) is 0. The summed E-state index contributed by atoms with van der Waals surface area (Å²) in [5.74, 6) is 2.41. The molecule has 0 unspecified atom stereocenters. The zero-order valence-electron chi connectivity index (χ0n) is 28.0.